The van der Waals surface area contributed by atoms with Gasteiger partial charge in [-0.2, -0.15) is 0 Å². The second kappa shape index (κ2) is 7.41. The minimum absolute atomic E-state index is 0.0466. The number of carbonyl (C=O) groups excluding carboxylic acids is 1. The van der Waals surface area contributed by atoms with Crippen LogP contribution in [0.15, 0.2) is 54.6 Å². The average molecular weight is 368 g/mol. The summed E-state index contributed by atoms with van der Waals surface area (Å²) >= 11 is 1.44. The van der Waals surface area contributed by atoms with Crippen molar-refractivity contribution in [2.45, 2.75) is 13.5 Å². The monoisotopic (exact) mass is 368 g/mol. The van der Waals surface area contributed by atoms with Crippen LogP contribution in [-0.4, -0.2) is 22.0 Å². The summed E-state index contributed by atoms with van der Waals surface area (Å²) in [6, 6.07) is 15.6. The first-order valence-electron chi connectivity index (χ1n) is 7.83. The zero-order chi connectivity index (χ0) is 18.7. The van der Waals surface area contributed by atoms with Crippen LogP contribution >= 0.6 is 11.3 Å². The summed E-state index contributed by atoms with van der Waals surface area (Å²) in [6.07, 6.45) is 0. The Morgan fingerprint density at radius 2 is 1.88 bits per heavy atom. The van der Waals surface area contributed by atoms with Gasteiger partial charge in [0.25, 0.3) is 0 Å². The lowest BCUT2D eigenvalue weighted by atomic mass is 10.1. The van der Waals surface area contributed by atoms with Gasteiger partial charge in [0.05, 0.1) is 4.88 Å². The SMILES string of the molecule is CC(=O)c1ccc(-c2cccc(COc3ccc(C(=O)O)c(O)c3)c2)s1. The Balaban J connectivity index is 1.74. The van der Waals surface area contributed by atoms with Crippen molar-refractivity contribution in [3.8, 4) is 21.9 Å². The predicted molar refractivity (Wildman–Crippen MR) is 99.2 cm³/mol. The molecule has 0 amide bonds. The van der Waals surface area contributed by atoms with E-state index in [0.717, 1.165) is 20.9 Å². The Labute approximate surface area is 154 Å². The van der Waals surface area contributed by atoms with Crippen molar-refractivity contribution in [2.24, 2.45) is 0 Å². The van der Waals surface area contributed by atoms with Crippen molar-refractivity contribution in [3.05, 3.63) is 70.6 Å². The van der Waals surface area contributed by atoms with Gasteiger partial charge >= 0.3 is 5.97 Å². The van der Waals surface area contributed by atoms with Crippen LogP contribution in [0.5, 0.6) is 11.5 Å². The summed E-state index contributed by atoms with van der Waals surface area (Å²) in [4.78, 5) is 24.1. The zero-order valence-corrected chi connectivity index (χ0v) is 14.7. The quantitative estimate of drug-likeness (QED) is 0.621. The zero-order valence-electron chi connectivity index (χ0n) is 13.9. The fraction of sp³-hybridized carbons (Fsp3) is 0.100. The van der Waals surface area contributed by atoms with Crippen molar-refractivity contribution < 1.29 is 24.5 Å². The number of ether oxygens (including phenoxy) is 1. The molecule has 2 N–H and O–H groups in total. The summed E-state index contributed by atoms with van der Waals surface area (Å²) in [7, 11) is 0. The molecule has 5 nitrogen and oxygen atoms in total. The number of thiophene rings is 1. The highest BCUT2D eigenvalue weighted by molar-refractivity contribution is 7.17. The maximum atomic E-state index is 11.4. The number of aromatic carboxylic acids is 1. The molecule has 0 aliphatic carbocycles. The van der Waals surface area contributed by atoms with Gasteiger partial charge in [-0.1, -0.05) is 18.2 Å². The molecule has 3 rings (SSSR count). The molecule has 1 heterocycles. The number of carbonyl (C=O) groups is 2. The van der Waals surface area contributed by atoms with Crippen molar-refractivity contribution >= 4 is 23.1 Å². The Hall–Kier alpha value is -3.12. The normalized spacial score (nSPS) is 10.5. The number of carboxylic acid groups (broad SMARTS) is 1. The molecular weight excluding hydrogens is 352 g/mol. The van der Waals surface area contributed by atoms with Gasteiger partial charge in [-0.25, -0.2) is 4.79 Å². The highest BCUT2D eigenvalue weighted by Gasteiger charge is 2.11. The third-order valence-electron chi connectivity index (χ3n) is 3.77. The number of Topliss-reactive ketones (excluding diaryl/α,β-unsaturated/α-hetero) is 1. The molecule has 0 aliphatic heterocycles. The minimum Gasteiger partial charge on any atom is -0.507 e. The van der Waals surface area contributed by atoms with Gasteiger partial charge in [0.15, 0.2) is 5.78 Å². The molecule has 0 spiro atoms. The van der Waals surface area contributed by atoms with Crippen LogP contribution in [0.25, 0.3) is 10.4 Å². The van der Waals surface area contributed by atoms with Gasteiger partial charge in [0.1, 0.15) is 23.7 Å². The number of phenols is 1. The maximum Gasteiger partial charge on any atom is 0.339 e. The van der Waals surface area contributed by atoms with E-state index in [1.807, 2.05) is 36.4 Å². The lowest BCUT2D eigenvalue weighted by Gasteiger charge is -2.09. The number of aromatic hydroxyl groups is 1. The van der Waals surface area contributed by atoms with E-state index in [1.54, 1.807) is 6.92 Å². The van der Waals surface area contributed by atoms with Crippen LogP contribution in [0, 0.1) is 0 Å². The summed E-state index contributed by atoms with van der Waals surface area (Å²) in [6.45, 7) is 1.82. The van der Waals surface area contributed by atoms with Gasteiger partial charge in [0, 0.05) is 10.9 Å². The first kappa shape index (κ1) is 17.7. The largest absolute Gasteiger partial charge is 0.507 e. The van der Waals surface area contributed by atoms with E-state index in [4.69, 9.17) is 9.84 Å². The van der Waals surface area contributed by atoms with Gasteiger partial charge in [0.2, 0.25) is 0 Å². The Bertz CT molecular complexity index is 974. The first-order valence-corrected chi connectivity index (χ1v) is 8.65. The molecule has 0 radical (unpaired) electrons. The van der Waals surface area contributed by atoms with Crippen molar-refractivity contribution in [3.63, 3.8) is 0 Å². The van der Waals surface area contributed by atoms with Crippen LogP contribution in [0.1, 0.15) is 32.5 Å². The van der Waals surface area contributed by atoms with Crippen molar-refractivity contribution in [1.82, 2.24) is 0 Å². The number of carboxylic acids is 1. The summed E-state index contributed by atoms with van der Waals surface area (Å²) < 4.78 is 5.64. The fourth-order valence-electron chi connectivity index (χ4n) is 2.45. The standard InChI is InChI=1S/C20H16O5S/c1-12(21)18-7-8-19(26-18)14-4-2-3-13(9-14)11-25-15-5-6-16(20(23)24)17(22)10-15/h2-10,22H,11H2,1H3,(H,23,24). The first-order chi connectivity index (χ1) is 12.4. The second-order valence-corrected chi connectivity index (χ2v) is 6.78. The second-order valence-electron chi connectivity index (χ2n) is 5.69. The van der Waals surface area contributed by atoms with Gasteiger partial charge in [-0.05, 0) is 48.4 Å². The fourth-order valence-corrected chi connectivity index (χ4v) is 3.34. The third kappa shape index (κ3) is 3.92. The highest BCUT2D eigenvalue weighted by atomic mass is 32.1. The van der Waals surface area contributed by atoms with Gasteiger partial charge in [-0.15, -0.1) is 11.3 Å². The molecule has 0 fully saturated rings. The molecule has 3 aromatic rings. The van der Waals surface area contributed by atoms with Gasteiger partial charge < -0.3 is 14.9 Å². The topological polar surface area (TPSA) is 83.8 Å². The molecular formula is C20H16O5S. The Morgan fingerprint density at radius 3 is 2.54 bits per heavy atom. The predicted octanol–water partition coefficient (Wildman–Crippen LogP) is 4.60. The van der Waals surface area contributed by atoms with Crippen molar-refractivity contribution in [1.29, 1.82) is 0 Å². The smallest absolute Gasteiger partial charge is 0.339 e. The van der Waals surface area contributed by atoms with Crippen LogP contribution in [0.3, 0.4) is 0 Å². The molecule has 0 saturated heterocycles. The van der Waals surface area contributed by atoms with E-state index in [2.05, 4.69) is 0 Å². The van der Waals surface area contributed by atoms with Crippen LogP contribution < -0.4 is 4.74 Å². The minimum atomic E-state index is -1.19. The van der Waals surface area contributed by atoms with E-state index in [1.165, 1.54) is 29.5 Å². The molecule has 132 valence electrons. The van der Waals surface area contributed by atoms with Gasteiger partial charge in [-0.3, -0.25) is 4.79 Å². The maximum absolute atomic E-state index is 11.4. The lowest BCUT2D eigenvalue weighted by molar-refractivity contribution is 0.0693. The molecule has 26 heavy (non-hydrogen) atoms. The van der Waals surface area contributed by atoms with E-state index in [0.29, 0.717) is 5.75 Å². The van der Waals surface area contributed by atoms with E-state index < -0.39 is 5.97 Å². The summed E-state index contributed by atoms with van der Waals surface area (Å²) in [5.41, 5.74) is 1.74. The van der Waals surface area contributed by atoms with E-state index in [9.17, 15) is 14.7 Å². The average Bonchev–Trinajstić information content (AvgIpc) is 3.10. The van der Waals surface area contributed by atoms with E-state index in [-0.39, 0.29) is 23.7 Å². The van der Waals surface area contributed by atoms with Crippen LogP contribution in [-0.2, 0) is 6.61 Å². The number of benzene rings is 2. The molecule has 2 aromatic carbocycles. The Morgan fingerprint density at radius 1 is 1.08 bits per heavy atom. The molecule has 0 saturated carbocycles. The number of hydrogen-bond donors (Lipinski definition) is 2. The third-order valence-corrected chi connectivity index (χ3v) is 5.00. The molecule has 1 aromatic heterocycles. The summed E-state index contributed by atoms with van der Waals surface area (Å²) in [5.74, 6) is -1.10. The molecule has 0 bridgehead atoms. The van der Waals surface area contributed by atoms with Crippen molar-refractivity contribution in [2.75, 3.05) is 0 Å². The van der Waals surface area contributed by atoms with Crippen LogP contribution in [0.4, 0.5) is 0 Å². The molecule has 6 heteroatoms. The summed E-state index contributed by atoms with van der Waals surface area (Å²) in [5, 5.41) is 18.6. The lowest BCUT2D eigenvalue weighted by Crippen LogP contribution is -1.99. The van der Waals surface area contributed by atoms with Crippen LogP contribution in [0.2, 0.25) is 0 Å². The number of rotatable bonds is 6. The number of ketones is 1. The Kier molecular flexibility index (Phi) is 5.04. The molecule has 0 atom stereocenters. The van der Waals surface area contributed by atoms with E-state index >= 15 is 0 Å². The molecule has 0 unspecified atom stereocenters. The highest BCUT2D eigenvalue weighted by Crippen LogP contribution is 2.29. The molecule has 0 aliphatic rings. The number of hydrogen-bond acceptors (Lipinski definition) is 5.